The Morgan fingerprint density at radius 1 is 1.80 bits per heavy atom. The van der Waals surface area contributed by atoms with E-state index in [0.717, 1.165) is 13.0 Å². The van der Waals surface area contributed by atoms with Gasteiger partial charge in [-0.05, 0) is 6.42 Å². The molecular formula is C6H10INO2. The van der Waals surface area contributed by atoms with Crippen LogP contribution in [0.3, 0.4) is 0 Å². The maximum Gasteiger partial charge on any atom is 0.153 e. The summed E-state index contributed by atoms with van der Waals surface area (Å²) in [5.74, 6) is 0.170. The molecule has 1 rings (SSSR count). The molecule has 1 N–H and O–H groups in total. The Hall–Kier alpha value is 0.320. The van der Waals surface area contributed by atoms with Gasteiger partial charge in [0.05, 0.1) is 6.61 Å². The summed E-state index contributed by atoms with van der Waals surface area (Å²) in [6.45, 7) is 0.874. The van der Waals surface area contributed by atoms with Crippen LogP contribution in [0.25, 0.3) is 0 Å². The molecule has 0 saturated carbocycles. The Balaban J connectivity index is 2.53. The summed E-state index contributed by atoms with van der Waals surface area (Å²) in [7, 11) is 0. The first-order chi connectivity index (χ1) is 4.75. The van der Waals surface area contributed by atoms with Crippen LogP contribution in [0, 0.1) is 0 Å². The van der Waals surface area contributed by atoms with Gasteiger partial charge < -0.3 is 5.11 Å². The molecule has 0 spiro atoms. The summed E-state index contributed by atoms with van der Waals surface area (Å²) < 4.78 is 1.88. The molecule has 1 unspecified atom stereocenters. The van der Waals surface area contributed by atoms with Gasteiger partial charge in [-0.1, -0.05) is 0 Å². The standard InChI is InChI=1S/C6H10INO2/c7-8-3-1-2-6(10)5(8)4-9/h5,9H,1-4H2. The van der Waals surface area contributed by atoms with E-state index >= 15 is 0 Å². The van der Waals surface area contributed by atoms with Gasteiger partial charge in [-0.2, -0.15) is 0 Å². The van der Waals surface area contributed by atoms with E-state index in [0.29, 0.717) is 6.42 Å². The molecule has 1 saturated heterocycles. The van der Waals surface area contributed by atoms with Crippen molar-refractivity contribution in [3.63, 3.8) is 0 Å². The van der Waals surface area contributed by atoms with E-state index in [2.05, 4.69) is 22.9 Å². The maximum absolute atomic E-state index is 11.0. The Labute approximate surface area is 73.9 Å². The number of Topliss-reactive ketones (excluding diaryl/α,β-unsaturated/α-hetero) is 1. The summed E-state index contributed by atoms with van der Waals surface area (Å²) in [4.78, 5) is 11.0. The number of rotatable bonds is 1. The molecule has 1 fully saturated rings. The van der Waals surface area contributed by atoms with E-state index < -0.39 is 0 Å². The Morgan fingerprint density at radius 2 is 2.50 bits per heavy atom. The maximum atomic E-state index is 11.0. The molecule has 0 aromatic rings. The third-order valence-electron chi connectivity index (χ3n) is 1.68. The highest BCUT2D eigenvalue weighted by molar-refractivity contribution is 14.1. The first kappa shape index (κ1) is 8.42. The molecule has 1 atom stereocenters. The van der Waals surface area contributed by atoms with E-state index in [1.165, 1.54) is 0 Å². The lowest BCUT2D eigenvalue weighted by atomic mass is 10.0. The smallest absolute Gasteiger partial charge is 0.153 e. The molecule has 0 aromatic heterocycles. The molecule has 10 heavy (non-hydrogen) atoms. The van der Waals surface area contributed by atoms with Crippen molar-refractivity contribution < 1.29 is 9.90 Å². The lowest BCUT2D eigenvalue weighted by Gasteiger charge is -2.27. The number of ketones is 1. The van der Waals surface area contributed by atoms with Crippen molar-refractivity contribution in [1.82, 2.24) is 3.11 Å². The number of piperidine rings is 1. The zero-order valence-corrected chi connectivity index (χ0v) is 7.74. The summed E-state index contributed by atoms with van der Waals surface area (Å²) in [6, 6.07) is -0.241. The van der Waals surface area contributed by atoms with Gasteiger partial charge in [0.1, 0.15) is 6.04 Å². The Kier molecular flexibility index (Phi) is 3.06. The molecule has 1 aliphatic rings. The van der Waals surface area contributed by atoms with Gasteiger partial charge in [-0.25, -0.2) is 3.11 Å². The van der Waals surface area contributed by atoms with Gasteiger partial charge in [-0.15, -0.1) is 0 Å². The fraction of sp³-hybridized carbons (Fsp3) is 0.833. The van der Waals surface area contributed by atoms with Crippen LogP contribution < -0.4 is 0 Å². The Morgan fingerprint density at radius 3 is 2.90 bits per heavy atom. The molecule has 0 amide bonds. The fourth-order valence-corrected chi connectivity index (χ4v) is 1.90. The Bertz CT molecular complexity index is 140. The van der Waals surface area contributed by atoms with E-state index in [1.807, 2.05) is 3.11 Å². The normalized spacial score (nSPS) is 29.0. The molecule has 58 valence electrons. The highest BCUT2D eigenvalue weighted by atomic mass is 127. The zero-order valence-electron chi connectivity index (χ0n) is 5.59. The molecular weight excluding hydrogens is 245 g/mol. The fourth-order valence-electron chi connectivity index (χ4n) is 1.07. The van der Waals surface area contributed by atoms with E-state index in [4.69, 9.17) is 5.11 Å². The van der Waals surface area contributed by atoms with Crippen LogP contribution in [-0.2, 0) is 4.79 Å². The number of hydrogen-bond acceptors (Lipinski definition) is 3. The minimum atomic E-state index is -0.241. The quantitative estimate of drug-likeness (QED) is 0.543. The second-order valence-corrected chi connectivity index (χ2v) is 3.63. The second-order valence-electron chi connectivity index (χ2n) is 2.39. The second kappa shape index (κ2) is 3.64. The average molecular weight is 255 g/mol. The number of hydrogen-bond donors (Lipinski definition) is 1. The van der Waals surface area contributed by atoms with Crippen molar-refractivity contribution in [1.29, 1.82) is 0 Å². The van der Waals surface area contributed by atoms with Crippen molar-refractivity contribution in [2.24, 2.45) is 0 Å². The van der Waals surface area contributed by atoms with Crippen LogP contribution in [0.4, 0.5) is 0 Å². The van der Waals surface area contributed by atoms with Crippen LogP contribution >= 0.6 is 22.9 Å². The minimum absolute atomic E-state index is 0.0399. The van der Waals surface area contributed by atoms with Crippen molar-refractivity contribution in [3.05, 3.63) is 0 Å². The van der Waals surface area contributed by atoms with Gasteiger partial charge in [0.25, 0.3) is 0 Å². The number of nitrogens with zero attached hydrogens (tertiary/aromatic N) is 1. The van der Waals surface area contributed by atoms with Gasteiger partial charge in [0.15, 0.2) is 5.78 Å². The van der Waals surface area contributed by atoms with Crippen molar-refractivity contribution in [3.8, 4) is 0 Å². The highest BCUT2D eigenvalue weighted by Crippen LogP contribution is 2.16. The van der Waals surface area contributed by atoms with Crippen LogP contribution in [0.2, 0.25) is 0 Å². The van der Waals surface area contributed by atoms with Crippen LogP contribution in [0.5, 0.6) is 0 Å². The number of carbonyl (C=O) groups is 1. The third kappa shape index (κ3) is 1.67. The molecule has 0 aliphatic carbocycles. The molecule has 0 aromatic carbocycles. The van der Waals surface area contributed by atoms with Crippen molar-refractivity contribution in [2.75, 3.05) is 13.2 Å². The molecule has 3 nitrogen and oxygen atoms in total. The van der Waals surface area contributed by atoms with Crippen LogP contribution in [-0.4, -0.2) is 33.2 Å². The summed E-state index contributed by atoms with van der Waals surface area (Å²) >= 11 is 2.09. The number of halogens is 1. The third-order valence-corrected chi connectivity index (χ3v) is 2.83. The van der Waals surface area contributed by atoms with Gasteiger partial charge in [0, 0.05) is 35.8 Å². The lowest BCUT2D eigenvalue weighted by molar-refractivity contribution is -0.125. The first-order valence-electron chi connectivity index (χ1n) is 3.31. The molecule has 4 heteroatoms. The highest BCUT2D eigenvalue weighted by Gasteiger charge is 2.26. The number of aliphatic hydroxyl groups is 1. The number of carbonyl (C=O) groups excluding carboxylic acids is 1. The van der Waals surface area contributed by atoms with Crippen molar-refractivity contribution in [2.45, 2.75) is 18.9 Å². The van der Waals surface area contributed by atoms with E-state index in [9.17, 15) is 4.79 Å². The first-order valence-corrected chi connectivity index (χ1v) is 4.28. The largest absolute Gasteiger partial charge is 0.394 e. The molecule has 0 bridgehead atoms. The minimum Gasteiger partial charge on any atom is -0.394 e. The SMILES string of the molecule is O=C1CCCN(I)C1CO. The summed E-state index contributed by atoms with van der Waals surface area (Å²) in [6.07, 6.45) is 1.56. The number of aliphatic hydroxyl groups excluding tert-OH is 1. The monoisotopic (exact) mass is 255 g/mol. The van der Waals surface area contributed by atoms with E-state index in [1.54, 1.807) is 0 Å². The predicted molar refractivity (Wildman–Crippen MR) is 45.8 cm³/mol. The topological polar surface area (TPSA) is 40.5 Å². The van der Waals surface area contributed by atoms with Crippen LogP contribution in [0.15, 0.2) is 0 Å². The lowest BCUT2D eigenvalue weighted by Crippen LogP contribution is -2.42. The summed E-state index contributed by atoms with van der Waals surface area (Å²) in [5.41, 5.74) is 0. The average Bonchev–Trinajstić information content (AvgIpc) is 1.88. The van der Waals surface area contributed by atoms with Crippen LogP contribution in [0.1, 0.15) is 12.8 Å². The molecule has 1 aliphatic heterocycles. The van der Waals surface area contributed by atoms with Gasteiger partial charge in [-0.3, -0.25) is 4.79 Å². The van der Waals surface area contributed by atoms with Gasteiger partial charge >= 0.3 is 0 Å². The summed E-state index contributed by atoms with van der Waals surface area (Å²) in [5, 5.41) is 8.76. The molecule has 1 heterocycles. The van der Waals surface area contributed by atoms with Crippen molar-refractivity contribution >= 4 is 28.6 Å². The van der Waals surface area contributed by atoms with E-state index in [-0.39, 0.29) is 18.4 Å². The predicted octanol–water partition coefficient (Wildman–Crippen LogP) is 0.362. The van der Waals surface area contributed by atoms with Gasteiger partial charge in [0.2, 0.25) is 0 Å². The molecule has 0 radical (unpaired) electrons. The zero-order chi connectivity index (χ0) is 7.56.